The number of amides is 1. The van der Waals surface area contributed by atoms with Crippen molar-refractivity contribution in [3.8, 4) is 11.3 Å². The summed E-state index contributed by atoms with van der Waals surface area (Å²) in [5.41, 5.74) is 5.63. The molecular weight excluding hydrogens is 590 g/mol. The minimum atomic E-state index is -0.155. The third kappa shape index (κ3) is 6.54. The SMILES string of the molecule is CC(C)c1cnn2c(NCc3ccccc3-c3nccc4cc(NC(=O)/C=C/CN(C)C)ccc34)nc(N3C[C@H]4CC[C@@H](C3)O4)nc12. The fourth-order valence-corrected chi connectivity index (χ4v) is 6.43. The van der Waals surface area contributed by atoms with Crippen molar-refractivity contribution in [2.45, 2.75) is 51.4 Å². The highest BCUT2D eigenvalue weighted by Crippen LogP contribution is 2.33. The monoisotopic (exact) mass is 631 g/mol. The number of likely N-dealkylation sites (N-methyl/N-ethyl adjacent to an activating group) is 1. The summed E-state index contributed by atoms with van der Waals surface area (Å²) >= 11 is 0. The molecule has 2 aliphatic rings. The standard InChI is InChI=1S/C36H41N9O2/c1-23(2)31-20-39-45-34(31)41-36(44-21-27-12-13-28(22-44)47-27)42-35(45)38-19-25-8-5-6-9-29(25)33-30-14-11-26(18-24(30)15-16-37-33)40-32(46)10-7-17-43(3)4/h5-11,14-16,18,20,23,27-28H,12-13,17,19,21-22H2,1-4H3,(H,40,46)(H,38,41,42)/b10-7+/t27-,28+. The van der Waals surface area contributed by atoms with Gasteiger partial charge in [-0.1, -0.05) is 50.3 Å². The highest BCUT2D eigenvalue weighted by molar-refractivity contribution is 6.02. The van der Waals surface area contributed by atoms with Crippen molar-refractivity contribution in [2.75, 3.05) is 49.3 Å². The maximum Gasteiger partial charge on any atom is 0.248 e. The molecule has 2 atom stereocenters. The van der Waals surface area contributed by atoms with E-state index in [-0.39, 0.29) is 24.0 Å². The molecule has 5 heterocycles. The number of nitrogens with zero attached hydrogens (tertiary/aromatic N) is 7. The quantitative estimate of drug-likeness (QED) is 0.193. The normalized spacial score (nSPS) is 17.9. The third-order valence-electron chi connectivity index (χ3n) is 8.81. The zero-order chi connectivity index (χ0) is 32.5. The number of anilines is 3. The Morgan fingerprint density at radius 1 is 1.09 bits per heavy atom. The van der Waals surface area contributed by atoms with Crippen LogP contribution in [0.25, 0.3) is 27.7 Å². The largest absolute Gasteiger partial charge is 0.371 e. The second-order valence-corrected chi connectivity index (χ2v) is 13.0. The number of nitrogens with one attached hydrogen (secondary N) is 2. The molecule has 1 amide bonds. The van der Waals surface area contributed by atoms with Crippen LogP contribution in [0.4, 0.5) is 17.6 Å². The number of aromatic nitrogens is 5. The number of carbonyl (C=O) groups is 1. The summed E-state index contributed by atoms with van der Waals surface area (Å²) in [7, 11) is 3.93. The molecule has 2 fully saturated rings. The Labute approximate surface area is 274 Å². The number of ether oxygens (including phenoxy) is 1. The number of hydrogen-bond acceptors (Lipinski definition) is 9. The molecule has 5 aromatic rings. The van der Waals surface area contributed by atoms with E-state index in [0.29, 0.717) is 25.0 Å². The average molecular weight is 632 g/mol. The van der Waals surface area contributed by atoms with Crippen LogP contribution in [0.2, 0.25) is 0 Å². The smallest absolute Gasteiger partial charge is 0.248 e. The van der Waals surface area contributed by atoms with Gasteiger partial charge in [0.25, 0.3) is 0 Å². The highest BCUT2D eigenvalue weighted by Gasteiger charge is 2.35. The van der Waals surface area contributed by atoms with Gasteiger partial charge in [0.15, 0.2) is 5.65 Å². The summed E-state index contributed by atoms with van der Waals surface area (Å²) in [6.45, 7) is 7.13. The van der Waals surface area contributed by atoms with Gasteiger partial charge in [-0.25, -0.2) is 0 Å². The predicted octanol–water partition coefficient (Wildman–Crippen LogP) is 5.50. The molecule has 0 saturated carbocycles. The molecule has 2 saturated heterocycles. The number of fused-ring (bicyclic) bond motifs is 4. The summed E-state index contributed by atoms with van der Waals surface area (Å²) in [4.78, 5) is 31.6. The Morgan fingerprint density at radius 3 is 2.68 bits per heavy atom. The van der Waals surface area contributed by atoms with Crippen LogP contribution < -0.4 is 15.5 Å². The molecule has 2 aliphatic heterocycles. The number of morpholine rings is 1. The minimum absolute atomic E-state index is 0.155. The maximum absolute atomic E-state index is 12.5. The number of pyridine rings is 1. The van der Waals surface area contributed by atoms with Crippen LogP contribution in [0.15, 0.2) is 73.1 Å². The van der Waals surface area contributed by atoms with Gasteiger partial charge in [-0.2, -0.15) is 19.6 Å². The Morgan fingerprint density at radius 2 is 1.89 bits per heavy atom. The molecule has 47 heavy (non-hydrogen) atoms. The van der Waals surface area contributed by atoms with Crippen molar-refractivity contribution in [3.63, 3.8) is 0 Å². The predicted molar refractivity (Wildman–Crippen MR) is 186 cm³/mol. The van der Waals surface area contributed by atoms with Gasteiger partial charge in [0.2, 0.25) is 17.8 Å². The van der Waals surface area contributed by atoms with Gasteiger partial charge >= 0.3 is 0 Å². The number of benzene rings is 2. The van der Waals surface area contributed by atoms with E-state index in [2.05, 4.69) is 41.5 Å². The lowest BCUT2D eigenvalue weighted by Gasteiger charge is -2.32. The van der Waals surface area contributed by atoms with Crippen molar-refractivity contribution in [3.05, 3.63) is 84.2 Å². The number of rotatable bonds is 10. The molecule has 0 unspecified atom stereocenters. The van der Waals surface area contributed by atoms with Crippen LogP contribution in [0.5, 0.6) is 0 Å². The molecule has 0 radical (unpaired) electrons. The molecule has 2 aromatic carbocycles. The second kappa shape index (κ2) is 13.1. The molecular formula is C36H41N9O2. The summed E-state index contributed by atoms with van der Waals surface area (Å²) in [6.07, 6.45) is 9.77. The molecule has 242 valence electrons. The Balaban J connectivity index is 1.17. The first kappa shape index (κ1) is 30.8. The van der Waals surface area contributed by atoms with Crippen molar-refractivity contribution in [2.24, 2.45) is 0 Å². The second-order valence-electron chi connectivity index (χ2n) is 13.0. The van der Waals surface area contributed by atoms with E-state index in [1.807, 2.05) is 78.4 Å². The first-order valence-electron chi connectivity index (χ1n) is 16.3. The first-order chi connectivity index (χ1) is 22.8. The molecule has 3 aromatic heterocycles. The van der Waals surface area contributed by atoms with E-state index < -0.39 is 0 Å². The first-order valence-corrected chi connectivity index (χ1v) is 16.3. The van der Waals surface area contributed by atoms with E-state index in [9.17, 15) is 4.79 Å². The van der Waals surface area contributed by atoms with Crippen molar-refractivity contribution in [1.82, 2.24) is 29.5 Å². The van der Waals surface area contributed by atoms with Crippen LogP contribution in [-0.4, -0.2) is 81.3 Å². The lowest BCUT2D eigenvalue weighted by atomic mass is 9.99. The third-order valence-corrected chi connectivity index (χ3v) is 8.81. The van der Waals surface area contributed by atoms with Crippen molar-refractivity contribution < 1.29 is 9.53 Å². The zero-order valence-electron chi connectivity index (χ0n) is 27.3. The van der Waals surface area contributed by atoms with E-state index in [1.165, 1.54) is 0 Å². The summed E-state index contributed by atoms with van der Waals surface area (Å²) in [5, 5.41) is 13.3. The van der Waals surface area contributed by atoms with Gasteiger partial charge in [-0.05, 0) is 62.0 Å². The maximum atomic E-state index is 12.5. The Hall–Kier alpha value is -4.87. The molecule has 2 N–H and O–H groups in total. The van der Waals surface area contributed by atoms with E-state index in [1.54, 1.807) is 6.08 Å². The summed E-state index contributed by atoms with van der Waals surface area (Å²) in [6, 6.07) is 16.2. The lowest BCUT2D eigenvalue weighted by Crippen LogP contribution is -2.43. The molecule has 0 spiro atoms. The lowest BCUT2D eigenvalue weighted by molar-refractivity contribution is -0.111. The molecule has 11 heteroatoms. The zero-order valence-corrected chi connectivity index (χ0v) is 27.3. The molecule has 11 nitrogen and oxygen atoms in total. The van der Waals surface area contributed by atoms with E-state index in [4.69, 9.17) is 24.8 Å². The summed E-state index contributed by atoms with van der Waals surface area (Å²) in [5.74, 6) is 1.48. The van der Waals surface area contributed by atoms with Gasteiger partial charge in [0.1, 0.15) is 0 Å². The van der Waals surface area contributed by atoms with Crippen LogP contribution >= 0.6 is 0 Å². The van der Waals surface area contributed by atoms with Crippen molar-refractivity contribution in [1.29, 1.82) is 0 Å². The van der Waals surface area contributed by atoms with Gasteiger partial charge in [-0.3, -0.25) is 9.78 Å². The van der Waals surface area contributed by atoms with E-state index in [0.717, 1.165) is 70.4 Å². The Kier molecular flexibility index (Phi) is 8.57. The van der Waals surface area contributed by atoms with Crippen LogP contribution in [0.1, 0.15) is 43.7 Å². The van der Waals surface area contributed by atoms with Crippen molar-refractivity contribution >= 4 is 39.9 Å². The number of carbonyl (C=O) groups excluding carboxylic acids is 1. The summed E-state index contributed by atoms with van der Waals surface area (Å²) < 4.78 is 7.91. The van der Waals surface area contributed by atoms with Gasteiger partial charge in [0.05, 0.1) is 24.1 Å². The average Bonchev–Trinajstić information content (AvgIpc) is 3.65. The van der Waals surface area contributed by atoms with Gasteiger partial charge < -0.3 is 25.2 Å². The highest BCUT2D eigenvalue weighted by atomic mass is 16.5. The topological polar surface area (TPSA) is 113 Å². The molecule has 0 aliphatic carbocycles. The Bertz CT molecular complexity index is 1940. The van der Waals surface area contributed by atoms with Crippen LogP contribution in [-0.2, 0) is 16.1 Å². The molecule has 7 rings (SSSR count). The fourth-order valence-electron chi connectivity index (χ4n) is 6.43. The van der Waals surface area contributed by atoms with Gasteiger partial charge in [0, 0.05) is 60.7 Å². The van der Waals surface area contributed by atoms with E-state index >= 15 is 0 Å². The van der Waals surface area contributed by atoms with Gasteiger partial charge in [-0.15, -0.1) is 0 Å². The molecule has 2 bridgehead atoms. The van der Waals surface area contributed by atoms with Crippen LogP contribution in [0.3, 0.4) is 0 Å². The minimum Gasteiger partial charge on any atom is -0.371 e. The van der Waals surface area contributed by atoms with Crippen LogP contribution in [0, 0.1) is 0 Å². The fraction of sp³-hybridized carbons (Fsp3) is 0.361. The number of hydrogen-bond donors (Lipinski definition) is 2.